The Morgan fingerprint density at radius 3 is 1.96 bits per heavy atom. The molecule has 0 spiro atoms. The van der Waals surface area contributed by atoms with Crippen molar-refractivity contribution in [2.75, 3.05) is 6.16 Å². The van der Waals surface area contributed by atoms with Gasteiger partial charge in [-0.1, -0.05) is 48.5 Å². The zero-order valence-electron chi connectivity index (χ0n) is 15.9. The maximum Gasteiger partial charge on any atom is 0.314 e. The van der Waals surface area contributed by atoms with Crippen molar-refractivity contribution in [2.24, 2.45) is 0 Å². The van der Waals surface area contributed by atoms with Crippen molar-refractivity contribution in [3.05, 3.63) is 65.2 Å². The molecule has 0 aliphatic rings. The van der Waals surface area contributed by atoms with Crippen LogP contribution in [0.2, 0.25) is 0 Å². The van der Waals surface area contributed by atoms with Gasteiger partial charge < -0.3 is 9.30 Å². The van der Waals surface area contributed by atoms with Crippen molar-refractivity contribution in [3.8, 4) is 0 Å². The van der Waals surface area contributed by atoms with Crippen LogP contribution in [0, 0.1) is 13.8 Å². The molecule has 0 fully saturated rings. The average Bonchev–Trinajstić information content (AvgIpc) is 2.53. The molecular weight excluding hydrogens is 347 g/mol. The summed E-state index contributed by atoms with van der Waals surface area (Å²) in [5, 5.41) is 0.374. The first-order valence-corrected chi connectivity index (χ1v) is 10.4. The lowest BCUT2D eigenvalue weighted by atomic mass is 10.0. The summed E-state index contributed by atoms with van der Waals surface area (Å²) in [6.07, 6.45) is -0.444. The molecule has 2 rings (SSSR count). The van der Waals surface area contributed by atoms with Crippen LogP contribution < -0.4 is 5.30 Å². The summed E-state index contributed by atoms with van der Waals surface area (Å²) in [7, 11) is -3.69. The fourth-order valence-corrected chi connectivity index (χ4v) is 5.19. The fourth-order valence-electron chi connectivity index (χ4n) is 2.84. The third kappa shape index (κ3) is 4.50. The van der Waals surface area contributed by atoms with E-state index in [0.29, 0.717) is 10.9 Å². The van der Waals surface area contributed by atoms with Gasteiger partial charge >= 0.3 is 5.97 Å². The van der Waals surface area contributed by atoms with Crippen LogP contribution in [0.4, 0.5) is 0 Å². The van der Waals surface area contributed by atoms with E-state index in [9.17, 15) is 14.2 Å². The highest BCUT2D eigenvalue weighted by Crippen LogP contribution is 2.49. The van der Waals surface area contributed by atoms with Gasteiger partial charge in [-0.05, 0) is 45.7 Å². The monoisotopic (exact) mass is 372 g/mol. The van der Waals surface area contributed by atoms with E-state index in [1.54, 1.807) is 51.1 Å². The lowest BCUT2D eigenvalue weighted by Gasteiger charge is -2.23. The normalized spacial score (nSPS) is 13.7. The first kappa shape index (κ1) is 20.1. The number of hydrogen-bond donors (Lipinski definition) is 0. The van der Waals surface area contributed by atoms with Gasteiger partial charge in [-0.25, -0.2) is 0 Å². The Morgan fingerprint density at radius 2 is 1.46 bits per heavy atom. The molecule has 0 N–H and O–H groups in total. The number of aryl methyl sites for hydroxylation is 2. The maximum atomic E-state index is 13.9. The molecule has 0 aromatic heterocycles. The number of rotatable bonds is 5. The third-order valence-electron chi connectivity index (χ3n) is 3.97. The molecule has 0 amide bonds. The van der Waals surface area contributed by atoms with Gasteiger partial charge in [0.1, 0.15) is 11.8 Å². The van der Waals surface area contributed by atoms with Crippen LogP contribution in [0.3, 0.4) is 0 Å². The molecule has 138 valence electrons. The molecule has 1 atom stereocenters. The minimum Gasteiger partial charge on any atom is -0.460 e. The van der Waals surface area contributed by atoms with Crippen LogP contribution in [-0.2, 0) is 14.1 Å². The standard InChI is InChI=1S/C21H25O4P/c1-15-10-9-11-16(2)19(15)20(23)26(24,17-12-7-6-8-13-17)14-18(22)25-21(3,4)5/h6-13H,14H2,1-5H3. The van der Waals surface area contributed by atoms with Crippen molar-refractivity contribution in [3.63, 3.8) is 0 Å². The number of carbonyl (C=O) groups is 2. The van der Waals surface area contributed by atoms with E-state index in [-0.39, 0.29) is 0 Å². The summed E-state index contributed by atoms with van der Waals surface area (Å²) in [6, 6.07) is 14.0. The first-order chi connectivity index (χ1) is 12.0. The largest absolute Gasteiger partial charge is 0.460 e. The lowest BCUT2D eigenvalue weighted by molar-refractivity contribution is -0.151. The predicted octanol–water partition coefficient (Wildman–Crippen LogP) is 4.47. The number of carbonyl (C=O) groups excluding carboxylic acids is 2. The quantitative estimate of drug-likeness (QED) is 0.574. The van der Waals surface area contributed by atoms with Crippen LogP contribution in [0.1, 0.15) is 42.3 Å². The van der Waals surface area contributed by atoms with E-state index in [0.717, 1.165) is 11.1 Å². The molecule has 0 saturated heterocycles. The highest BCUT2D eigenvalue weighted by molar-refractivity contribution is 7.88. The van der Waals surface area contributed by atoms with E-state index >= 15 is 0 Å². The molecule has 0 saturated carbocycles. The Hall–Kier alpha value is -2.19. The summed E-state index contributed by atoms with van der Waals surface area (Å²) >= 11 is 0. The second-order valence-electron chi connectivity index (χ2n) is 7.39. The van der Waals surface area contributed by atoms with Gasteiger partial charge in [0.15, 0.2) is 7.14 Å². The molecule has 2 aromatic carbocycles. The molecular formula is C21H25O4P. The van der Waals surface area contributed by atoms with Crippen molar-refractivity contribution >= 4 is 23.9 Å². The Labute approximate surface area is 154 Å². The summed E-state index contributed by atoms with van der Waals surface area (Å²) in [6.45, 7) is 8.84. The third-order valence-corrected chi connectivity index (χ3v) is 6.68. The van der Waals surface area contributed by atoms with Crippen molar-refractivity contribution in [1.29, 1.82) is 0 Å². The lowest BCUT2D eigenvalue weighted by Crippen LogP contribution is -2.29. The Kier molecular flexibility index (Phi) is 5.87. The SMILES string of the molecule is Cc1cccc(C)c1C(=O)P(=O)(CC(=O)OC(C)(C)C)c1ccccc1. The van der Waals surface area contributed by atoms with Gasteiger partial charge in [0, 0.05) is 10.9 Å². The van der Waals surface area contributed by atoms with Crippen molar-refractivity contribution < 1.29 is 18.9 Å². The highest BCUT2D eigenvalue weighted by Gasteiger charge is 2.39. The van der Waals surface area contributed by atoms with Crippen LogP contribution in [0.25, 0.3) is 0 Å². The minimum absolute atomic E-state index is 0.374. The van der Waals surface area contributed by atoms with Crippen LogP contribution in [0.15, 0.2) is 48.5 Å². The number of esters is 1. The topological polar surface area (TPSA) is 60.4 Å². The molecule has 0 aliphatic heterocycles. The van der Waals surface area contributed by atoms with Crippen LogP contribution in [-0.4, -0.2) is 23.3 Å². The molecule has 0 radical (unpaired) electrons. The Balaban J connectivity index is 2.53. The first-order valence-electron chi connectivity index (χ1n) is 8.52. The Morgan fingerprint density at radius 1 is 0.923 bits per heavy atom. The van der Waals surface area contributed by atoms with E-state index in [2.05, 4.69) is 0 Å². The van der Waals surface area contributed by atoms with Gasteiger partial charge in [0.05, 0.1) is 0 Å². The van der Waals surface area contributed by atoms with Crippen molar-refractivity contribution in [1.82, 2.24) is 0 Å². The number of benzene rings is 2. The summed E-state index contributed by atoms with van der Waals surface area (Å²) in [4.78, 5) is 25.7. The number of hydrogen-bond acceptors (Lipinski definition) is 4. The van der Waals surface area contributed by atoms with Crippen molar-refractivity contribution in [2.45, 2.75) is 40.2 Å². The second-order valence-corrected chi connectivity index (χ2v) is 10.1. The molecule has 2 aromatic rings. The fraction of sp³-hybridized carbons (Fsp3) is 0.333. The average molecular weight is 372 g/mol. The van der Waals surface area contributed by atoms with Gasteiger partial charge in [-0.2, -0.15) is 0 Å². The van der Waals surface area contributed by atoms with Crippen LogP contribution >= 0.6 is 7.14 Å². The van der Waals surface area contributed by atoms with Gasteiger partial charge in [-0.3, -0.25) is 9.59 Å². The van der Waals surface area contributed by atoms with Crippen LogP contribution in [0.5, 0.6) is 0 Å². The van der Waals surface area contributed by atoms with E-state index in [1.807, 2.05) is 32.0 Å². The summed E-state index contributed by atoms with van der Waals surface area (Å²) in [5.41, 5.74) is 0.708. The van der Waals surface area contributed by atoms with E-state index in [1.165, 1.54) is 0 Å². The van der Waals surface area contributed by atoms with Gasteiger partial charge in [0.25, 0.3) is 0 Å². The molecule has 1 unspecified atom stereocenters. The summed E-state index contributed by atoms with van der Waals surface area (Å²) < 4.78 is 19.2. The van der Waals surface area contributed by atoms with E-state index < -0.39 is 30.4 Å². The predicted molar refractivity (Wildman–Crippen MR) is 105 cm³/mol. The van der Waals surface area contributed by atoms with Gasteiger partial charge in [-0.15, -0.1) is 0 Å². The molecule has 0 heterocycles. The van der Waals surface area contributed by atoms with Gasteiger partial charge in [0.2, 0.25) is 5.52 Å². The molecule has 4 nitrogen and oxygen atoms in total. The smallest absolute Gasteiger partial charge is 0.314 e. The second kappa shape index (κ2) is 7.59. The highest BCUT2D eigenvalue weighted by atomic mass is 31.2. The minimum atomic E-state index is -3.69. The zero-order chi connectivity index (χ0) is 19.5. The number of ether oxygens (including phenoxy) is 1. The molecule has 26 heavy (non-hydrogen) atoms. The maximum absolute atomic E-state index is 13.9. The molecule has 5 heteroatoms. The molecule has 0 aliphatic carbocycles. The zero-order valence-corrected chi connectivity index (χ0v) is 16.8. The Bertz CT molecular complexity index is 843. The molecule has 0 bridgehead atoms. The summed E-state index contributed by atoms with van der Waals surface area (Å²) in [5.74, 6) is -0.635. The van der Waals surface area contributed by atoms with E-state index in [4.69, 9.17) is 4.74 Å².